The van der Waals surface area contributed by atoms with Crippen molar-refractivity contribution in [1.82, 2.24) is 14.2 Å². The highest BCUT2D eigenvalue weighted by Gasteiger charge is 2.50. The van der Waals surface area contributed by atoms with Crippen molar-refractivity contribution in [3.8, 4) is 0 Å². The molecule has 1 aromatic rings. The second-order valence-electron chi connectivity index (χ2n) is 8.27. The maximum absolute atomic E-state index is 13.0. The third-order valence-electron chi connectivity index (χ3n) is 6.69. The number of nitrogens with zero attached hydrogens (tertiary/aromatic N) is 3. The molecule has 4 aliphatic rings. The Kier molecular flexibility index (Phi) is 4.44. The van der Waals surface area contributed by atoms with E-state index in [0.717, 1.165) is 38.8 Å². The van der Waals surface area contributed by atoms with E-state index in [4.69, 9.17) is 9.47 Å². The summed E-state index contributed by atoms with van der Waals surface area (Å²) in [4.78, 5) is 29.6. The molecule has 1 aliphatic carbocycles. The van der Waals surface area contributed by atoms with Crippen LogP contribution in [0, 0.1) is 5.92 Å². The monoisotopic (exact) mass is 391 g/mol. The summed E-state index contributed by atoms with van der Waals surface area (Å²) < 4.78 is 16.0. The zero-order valence-electron chi connectivity index (χ0n) is 15.3. The fourth-order valence-corrected chi connectivity index (χ4v) is 5.39. The van der Waals surface area contributed by atoms with E-state index in [2.05, 4.69) is 4.37 Å². The lowest BCUT2D eigenvalue weighted by atomic mass is 9.74. The van der Waals surface area contributed by atoms with Gasteiger partial charge in [0, 0.05) is 37.5 Å². The minimum atomic E-state index is -0.243. The maximum Gasteiger partial charge on any atom is 0.274 e. The van der Waals surface area contributed by atoms with Gasteiger partial charge in [0.2, 0.25) is 5.91 Å². The largest absolute Gasteiger partial charge is 0.376 e. The van der Waals surface area contributed by atoms with Gasteiger partial charge in [-0.2, -0.15) is 4.37 Å². The molecule has 3 saturated heterocycles. The molecule has 0 aromatic carbocycles. The topological polar surface area (TPSA) is 72.0 Å². The molecular formula is C19H25N3O4S. The highest BCUT2D eigenvalue weighted by Crippen LogP contribution is 2.42. The summed E-state index contributed by atoms with van der Waals surface area (Å²) in [7, 11) is 0. The van der Waals surface area contributed by atoms with Crippen molar-refractivity contribution < 1.29 is 19.1 Å². The molecule has 146 valence electrons. The van der Waals surface area contributed by atoms with Crippen molar-refractivity contribution in [3.05, 3.63) is 17.1 Å². The first-order valence-corrected chi connectivity index (χ1v) is 10.7. The zero-order chi connectivity index (χ0) is 18.4. The summed E-state index contributed by atoms with van der Waals surface area (Å²) in [6.45, 7) is 3.30. The summed E-state index contributed by atoms with van der Waals surface area (Å²) in [5, 5.41) is 1.83. The second-order valence-corrected chi connectivity index (χ2v) is 8.94. The molecule has 0 bridgehead atoms. The zero-order valence-corrected chi connectivity index (χ0v) is 16.2. The molecule has 3 aliphatic heterocycles. The number of carbonyl (C=O) groups is 2. The Balaban J connectivity index is 1.25. The van der Waals surface area contributed by atoms with Gasteiger partial charge in [-0.1, -0.05) is 0 Å². The molecule has 27 heavy (non-hydrogen) atoms. The molecule has 1 spiro atoms. The van der Waals surface area contributed by atoms with Gasteiger partial charge in [0.05, 0.1) is 30.8 Å². The van der Waals surface area contributed by atoms with E-state index in [0.29, 0.717) is 37.7 Å². The molecule has 1 unspecified atom stereocenters. The van der Waals surface area contributed by atoms with Crippen LogP contribution in [0.5, 0.6) is 0 Å². The molecule has 2 amide bonds. The molecule has 0 N–H and O–H groups in total. The molecule has 4 heterocycles. The van der Waals surface area contributed by atoms with Crippen LogP contribution in [0.1, 0.15) is 42.6 Å². The smallest absolute Gasteiger partial charge is 0.274 e. The van der Waals surface area contributed by atoms with E-state index >= 15 is 0 Å². The fraction of sp³-hybridized carbons (Fsp3) is 0.737. The first-order chi connectivity index (χ1) is 13.1. The van der Waals surface area contributed by atoms with Gasteiger partial charge in [-0.05, 0) is 43.3 Å². The van der Waals surface area contributed by atoms with Gasteiger partial charge in [0.1, 0.15) is 5.69 Å². The quantitative estimate of drug-likeness (QED) is 0.782. The first-order valence-electron chi connectivity index (χ1n) is 9.88. The lowest BCUT2D eigenvalue weighted by Crippen LogP contribution is -2.65. The van der Waals surface area contributed by atoms with Crippen molar-refractivity contribution in [3.63, 3.8) is 0 Å². The lowest BCUT2D eigenvalue weighted by Gasteiger charge is -2.54. The van der Waals surface area contributed by atoms with Gasteiger partial charge in [0.15, 0.2) is 0 Å². The number of morpholine rings is 1. The van der Waals surface area contributed by atoms with Crippen LogP contribution >= 0.6 is 11.5 Å². The first kappa shape index (κ1) is 17.6. The summed E-state index contributed by atoms with van der Waals surface area (Å²) in [6, 6.07) is 1.78. The Morgan fingerprint density at radius 3 is 2.85 bits per heavy atom. The predicted octanol–water partition coefficient (Wildman–Crippen LogP) is 1.54. The molecule has 1 saturated carbocycles. The number of aromatic nitrogens is 1. The van der Waals surface area contributed by atoms with E-state index in [1.54, 1.807) is 6.07 Å². The molecular weight excluding hydrogens is 366 g/mol. The van der Waals surface area contributed by atoms with E-state index in [9.17, 15) is 9.59 Å². The second kappa shape index (κ2) is 6.83. The van der Waals surface area contributed by atoms with Crippen LogP contribution in [0.3, 0.4) is 0 Å². The van der Waals surface area contributed by atoms with Crippen LogP contribution in [0.25, 0.3) is 0 Å². The number of amides is 2. The van der Waals surface area contributed by atoms with Gasteiger partial charge in [0.25, 0.3) is 5.91 Å². The van der Waals surface area contributed by atoms with Crippen molar-refractivity contribution in [2.75, 3.05) is 32.8 Å². The maximum atomic E-state index is 13.0. The lowest BCUT2D eigenvalue weighted by molar-refractivity contribution is -0.147. The Morgan fingerprint density at radius 2 is 2.15 bits per heavy atom. The highest BCUT2D eigenvalue weighted by atomic mass is 32.1. The third-order valence-corrected chi connectivity index (χ3v) is 7.25. The van der Waals surface area contributed by atoms with Gasteiger partial charge >= 0.3 is 0 Å². The van der Waals surface area contributed by atoms with E-state index < -0.39 is 0 Å². The molecule has 5 rings (SSSR count). The van der Waals surface area contributed by atoms with E-state index in [1.165, 1.54) is 11.5 Å². The number of rotatable bonds is 3. The normalized spacial score (nSPS) is 31.8. The summed E-state index contributed by atoms with van der Waals surface area (Å²) >= 11 is 1.29. The summed E-state index contributed by atoms with van der Waals surface area (Å²) in [5.74, 6) is 0.576. The molecule has 8 heteroatoms. The van der Waals surface area contributed by atoms with Crippen LogP contribution in [-0.4, -0.2) is 76.6 Å². The van der Waals surface area contributed by atoms with Crippen molar-refractivity contribution in [2.45, 2.75) is 49.9 Å². The Hall–Kier alpha value is -1.51. The van der Waals surface area contributed by atoms with E-state index in [-0.39, 0.29) is 29.6 Å². The van der Waals surface area contributed by atoms with Crippen LogP contribution in [0.15, 0.2) is 11.4 Å². The predicted molar refractivity (Wildman–Crippen MR) is 98.5 cm³/mol. The van der Waals surface area contributed by atoms with Gasteiger partial charge in [-0.15, -0.1) is 0 Å². The molecule has 0 radical (unpaired) electrons. The van der Waals surface area contributed by atoms with Gasteiger partial charge in [-0.25, -0.2) is 0 Å². The minimum absolute atomic E-state index is 0.0270. The average Bonchev–Trinajstić information content (AvgIpc) is 3.36. The number of hydrogen-bond acceptors (Lipinski definition) is 6. The number of fused-ring (bicyclic) bond motifs is 1. The molecule has 7 nitrogen and oxygen atoms in total. The van der Waals surface area contributed by atoms with Crippen molar-refractivity contribution >= 4 is 23.3 Å². The summed E-state index contributed by atoms with van der Waals surface area (Å²) in [6.07, 6.45) is 4.40. The Morgan fingerprint density at radius 1 is 1.26 bits per heavy atom. The molecule has 3 atom stereocenters. The highest BCUT2D eigenvalue weighted by molar-refractivity contribution is 7.03. The Bertz CT molecular complexity index is 709. The van der Waals surface area contributed by atoms with Crippen LogP contribution in [0.4, 0.5) is 0 Å². The minimum Gasteiger partial charge on any atom is -0.376 e. The van der Waals surface area contributed by atoms with Gasteiger partial charge in [-0.3, -0.25) is 9.59 Å². The third kappa shape index (κ3) is 3.07. The SMILES string of the molecule is O=C(CC1CN(C(=O)c2ccsn2)C2(CCC2)CO1)N1C[C@@H]2CCO[C@@H]2C1. The molecule has 4 fully saturated rings. The van der Waals surface area contributed by atoms with Crippen molar-refractivity contribution in [1.29, 1.82) is 0 Å². The number of ether oxygens (including phenoxy) is 2. The summed E-state index contributed by atoms with van der Waals surface area (Å²) in [5.41, 5.74) is 0.307. The molecule has 1 aromatic heterocycles. The Labute approximate surface area is 162 Å². The van der Waals surface area contributed by atoms with Crippen LogP contribution in [0.2, 0.25) is 0 Å². The number of carbonyl (C=O) groups excluding carboxylic acids is 2. The van der Waals surface area contributed by atoms with E-state index in [1.807, 2.05) is 15.2 Å². The van der Waals surface area contributed by atoms with Crippen LogP contribution < -0.4 is 0 Å². The fourth-order valence-electron chi connectivity index (χ4n) is 4.89. The number of hydrogen-bond donors (Lipinski definition) is 0. The number of likely N-dealkylation sites (tertiary alicyclic amines) is 1. The van der Waals surface area contributed by atoms with Gasteiger partial charge < -0.3 is 19.3 Å². The van der Waals surface area contributed by atoms with Crippen LogP contribution in [-0.2, 0) is 14.3 Å². The van der Waals surface area contributed by atoms with Crippen molar-refractivity contribution in [2.24, 2.45) is 5.92 Å². The standard InChI is InChI=1S/C19H25N3O4S/c23-17(21-9-13-2-6-25-16(13)11-21)8-14-10-22(18(24)15-3-7-27-20-15)19(12-26-14)4-1-5-19/h3,7,13-14,16H,1-2,4-6,8-12H2/t13-,14?,16+/m0/s1. The average molecular weight is 391 g/mol.